The van der Waals surface area contributed by atoms with Crippen LogP contribution in [0.5, 0.6) is 0 Å². The lowest BCUT2D eigenvalue weighted by Gasteiger charge is -2.08. The van der Waals surface area contributed by atoms with Gasteiger partial charge in [-0.25, -0.2) is 0 Å². The Kier molecular flexibility index (Phi) is 9.47. The molecule has 1 atom stereocenters. The molecule has 0 spiro atoms. The van der Waals surface area contributed by atoms with Crippen molar-refractivity contribution in [1.29, 1.82) is 0 Å². The van der Waals surface area contributed by atoms with Crippen LogP contribution in [0.2, 0.25) is 0 Å². The molecule has 0 aliphatic heterocycles. The number of halogens is 1. The van der Waals surface area contributed by atoms with Gasteiger partial charge in [-0.05, 0) is 13.3 Å². The zero-order valence-corrected chi connectivity index (χ0v) is 10.8. The minimum absolute atomic E-state index is 0.107. The average molecular weight is 265 g/mol. The summed E-state index contributed by atoms with van der Waals surface area (Å²) in [5.41, 5.74) is 0. The molecule has 0 N–H and O–H groups in total. The highest BCUT2D eigenvalue weighted by Gasteiger charge is 2.14. The van der Waals surface area contributed by atoms with Crippen molar-refractivity contribution in [3.8, 4) is 0 Å². The van der Waals surface area contributed by atoms with E-state index in [1.165, 1.54) is 25.7 Å². The second kappa shape index (κ2) is 9.50. The maximum atomic E-state index is 11.2. The van der Waals surface area contributed by atoms with Gasteiger partial charge in [-0.1, -0.05) is 55.0 Å². The Morgan fingerprint density at radius 2 is 1.86 bits per heavy atom. The van der Waals surface area contributed by atoms with Crippen LogP contribution in [-0.2, 0) is 9.53 Å². The van der Waals surface area contributed by atoms with Crippen LogP contribution in [0.25, 0.3) is 0 Å². The second-order valence-corrected chi connectivity index (χ2v) is 4.53. The van der Waals surface area contributed by atoms with Gasteiger partial charge in [0.05, 0.1) is 6.61 Å². The Hall–Kier alpha value is -0.0500. The van der Waals surface area contributed by atoms with Crippen molar-refractivity contribution >= 4 is 21.9 Å². The standard InChI is InChI=1S/C11H21BrO2/c1-3-5-6-7-8-9-10(12)11(13)14-4-2/h10H,3-9H2,1-2H3/t10-/m1/s1. The van der Waals surface area contributed by atoms with Gasteiger partial charge < -0.3 is 4.74 Å². The SMILES string of the molecule is CCCCCCC[C@@H](Br)C(=O)OCC. The molecular formula is C11H21BrO2. The lowest BCUT2D eigenvalue weighted by atomic mass is 10.1. The van der Waals surface area contributed by atoms with Gasteiger partial charge in [-0.2, -0.15) is 0 Å². The van der Waals surface area contributed by atoms with E-state index in [1.54, 1.807) is 0 Å². The smallest absolute Gasteiger partial charge is 0.319 e. The van der Waals surface area contributed by atoms with Gasteiger partial charge in [0.2, 0.25) is 0 Å². The summed E-state index contributed by atoms with van der Waals surface area (Å²) >= 11 is 3.34. The summed E-state index contributed by atoms with van der Waals surface area (Å²) in [6.45, 7) is 4.50. The van der Waals surface area contributed by atoms with Crippen molar-refractivity contribution in [3.05, 3.63) is 0 Å². The summed E-state index contributed by atoms with van der Waals surface area (Å²) in [5.74, 6) is -0.122. The molecule has 84 valence electrons. The highest BCUT2D eigenvalue weighted by molar-refractivity contribution is 9.10. The van der Waals surface area contributed by atoms with E-state index in [2.05, 4.69) is 22.9 Å². The minimum Gasteiger partial charge on any atom is -0.465 e. The molecule has 0 aliphatic carbocycles. The predicted molar refractivity (Wildman–Crippen MR) is 62.7 cm³/mol. The minimum atomic E-state index is -0.122. The molecule has 2 nitrogen and oxygen atoms in total. The fraction of sp³-hybridized carbons (Fsp3) is 0.909. The second-order valence-electron chi connectivity index (χ2n) is 3.42. The summed E-state index contributed by atoms with van der Waals surface area (Å²) in [6, 6.07) is 0. The molecular weight excluding hydrogens is 244 g/mol. The number of hydrogen-bond donors (Lipinski definition) is 0. The highest BCUT2D eigenvalue weighted by atomic mass is 79.9. The average Bonchev–Trinajstić information content (AvgIpc) is 2.17. The number of unbranched alkanes of at least 4 members (excludes halogenated alkanes) is 4. The summed E-state index contributed by atoms with van der Waals surface area (Å²) in [5, 5.41) is 0. The number of carbonyl (C=O) groups is 1. The van der Waals surface area contributed by atoms with Gasteiger partial charge in [-0.15, -0.1) is 0 Å². The first-order valence-electron chi connectivity index (χ1n) is 5.53. The molecule has 0 aromatic carbocycles. The van der Waals surface area contributed by atoms with Crippen LogP contribution in [-0.4, -0.2) is 17.4 Å². The topological polar surface area (TPSA) is 26.3 Å². The van der Waals surface area contributed by atoms with E-state index in [4.69, 9.17) is 4.74 Å². The van der Waals surface area contributed by atoms with Crippen molar-refractivity contribution in [2.45, 2.75) is 57.2 Å². The van der Waals surface area contributed by atoms with Gasteiger partial charge in [0.15, 0.2) is 0 Å². The van der Waals surface area contributed by atoms with Crippen molar-refractivity contribution < 1.29 is 9.53 Å². The molecule has 0 unspecified atom stereocenters. The molecule has 0 rings (SSSR count). The number of rotatable bonds is 8. The highest BCUT2D eigenvalue weighted by Crippen LogP contribution is 2.13. The number of hydrogen-bond acceptors (Lipinski definition) is 2. The lowest BCUT2D eigenvalue weighted by Crippen LogP contribution is -2.17. The van der Waals surface area contributed by atoms with Crippen molar-refractivity contribution in [3.63, 3.8) is 0 Å². The van der Waals surface area contributed by atoms with Gasteiger partial charge in [0.25, 0.3) is 0 Å². The van der Waals surface area contributed by atoms with E-state index >= 15 is 0 Å². The zero-order chi connectivity index (χ0) is 10.8. The third kappa shape index (κ3) is 7.36. The molecule has 0 amide bonds. The van der Waals surface area contributed by atoms with Gasteiger partial charge in [0, 0.05) is 0 Å². The number of carbonyl (C=O) groups excluding carboxylic acids is 1. The third-order valence-electron chi connectivity index (χ3n) is 2.10. The monoisotopic (exact) mass is 264 g/mol. The van der Waals surface area contributed by atoms with Crippen molar-refractivity contribution in [2.75, 3.05) is 6.61 Å². The van der Waals surface area contributed by atoms with Crippen LogP contribution < -0.4 is 0 Å². The Labute approximate surface area is 95.5 Å². The molecule has 0 fully saturated rings. The maximum absolute atomic E-state index is 11.2. The summed E-state index contributed by atoms with van der Waals surface area (Å²) < 4.78 is 4.90. The van der Waals surface area contributed by atoms with Crippen LogP contribution >= 0.6 is 15.9 Å². The number of ether oxygens (including phenoxy) is 1. The van der Waals surface area contributed by atoms with Crippen LogP contribution in [0, 0.1) is 0 Å². The largest absolute Gasteiger partial charge is 0.465 e. The predicted octanol–water partition coefficient (Wildman–Crippen LogP) is 3.67. The molecule has 3 heteroatoms. The molecule has 0 radical (unpaired) electrons. The first-order chi connectivity index (χ1) is 6.72. The Morgan fingerprint density at radius 3 is 2.43 bits per heavy atom. The van der Waals surface area contributed by atoms with Crippen LogP contribution in [0.15, 0.2) is 0 Å². The van der Waals surface area contributed by atoms with Gasteiger partial charge in [-0.3, -0.25) is 4.79 Å². The van der Waals surface area contributed by atoms with Crippen LogP contribution in [0.4, 0.5) is 0 Å². The zero-order valence-electron chi connectivity index (χ0n) is 9.22. The van der Waals surface area contributed by atoms with Gasteiger partial charge >= 0.3 is 5.97 Å². The Balaban J connectivity index is 3.34. The first-order valence-corrected chi connectivity index (χ1v) is 6.44. The van der Waals surface area contributed by atoms with Crippen molar-refractivity contribution in [2.24, 2.45) is 0 Å². The van der Waals surface area contributed by atoms with E-state index in [1.807, 2.05) is 6.92 Å². The normalized spacial score (nSPS) is 12.5. The molecule has 0 saturated carbocycles. The number of esters is 1. The summed E-state index contributed by atoms with van der Waals surface area (Å²) in [6.07, 6.45) is 7.05. The first kappa shape index (κ1) is 13.9. The molecule has 0 aromatic heterocycles. The summed E-state index contributed by atoms with van der Waals surface area (Å²) in [4.78, 5) is 11.1. The summed E-state index contributed by atoms with van der Waals surface area (Å²) in [7, 11) is 0. The number of alkyl halides is 1. The fourth-order valence-corrected chi connectivity index (χ4v) is 1.73. The van der Waals surface area contributed by atoms with E-state index in [0.717, 1.165) is 12.8 Å². The maximum Gasteiger partial charge on any atom is 0.319 e. The molecule has 14 heavy (non-hydrogen) atoms. The molecule has 0 heterocycles. The lowest BCUT2D eigenvalue weighted by molar-refractivity contribution is -0.142. The van der Waals surface area contributed by atoms with E-state index in [9.17, 15) is 4.79 Å². The van der Waals surface area contributed by atoms with Crippen molar-refractivity contribution in [1.82, 2.24) is 0 Å². The van der Waals surface area contributed by atoms with Crippen LogP contribution in [0.3, 0.4) is 0 Å². The molecule has 0 aromatic rings. The molecule has 0 bridgehead atoms. The Morgan fingerprint density at radius 1 is 1.21 bits per heavy atom. The van der Waals surface area contributed by atoms with E-state index in [0.29, 0.717) is 6.61 Å². The quantitative estimate of drug-likeness (QED) is 0.380. The van der Waals surface area contributed by atoms with Crippen LogP contribution in [0.1, 0.15) is 52.4 Å². The molecule has 0 aliphatic rings. The van der Waals surface area contributed by atoms with Gasteiger partial charge in [0.1, 0.15) is 4.83 Å². The van der Waals surface area contributed by atoms with E-state index < -0.39 is 0 Å². The molecule has 0 saturated heterocycles. The van der Waals surface area contributed by atoms with E-state index in [-0.39, 0.29) is 10.8 Å². The Bertz CT molecular complexity index is 148. The third-order valence-corrected chi connectivity index (χ3v) is 2.94. The fourth-order valence-electron chi connectivity index (χ4n) is 1.28.